The molecule has 0 aliphatic carbocycles. The Labute approximate surface area is 78.7 Å². The predicted octanol–water partition coefficient (Wildman–Crippen LogP) is 4.75. The van der Waals surface area contributed by atoms with Crippen LogP contribution in [0.3, 0.4) is 0 Å². The van der Waals surface area contributed by atoms with E-state index in [1.165, 1.54) is 11.1 Å². The fraction of sp³-hybridized carbons (Fsp3) is 0.500. The first-order valence-electron chi connectivity index (χ1n) is 4.23. The van der Waals surface area contributed by atoms with E-state index in [4.69, 9.17) is 0 Å². The van der Waals surface area contributed by atoms with Gasteiger partial charge in [0.1, 0.15) is 0 Å². The van der Waals surface area contributed by atoms with Gasteiger partial charge in [0, 0.05) is 0 Å². The van der Waals surface area contributed by atoms with E-state index >= 15 is 0 Å². The van der Waals surface area contributed by atoms with Crippen LogP contribution in [0.15, 0.2) is 37.0 Å². The van der Waals surface area contributed by atoms with Gasteiger partial charge in [0.05, 0.1) is 0 Å². The summed E-state index contributed by atoms with van der Waals surface area (Å²) in [5, 5.41) is 0. The molecule has 0 aliphatic heterocycles. The fourth-order valence-electron chi connectivity index (χ4n) is 0. The third kappa shape index (κ3) is 12900. The Morgan fingerprint density at radius 1 is 1.00 bits per heavy atom. The molecule has 0 aromatic heterocycles. The number of allylic oxidation sites excluding steroid dienone is 3. The highest BCUT2D eigenvalue weighted by atomic mass is 13.6. The minimum absolute atomic E-state index is 1.08. The lowest BCUT2D eigenvalue weighted by Gasteiger charge is -1.65. The van der Waals surface area contributed by atoms with E-state index < -0.39 is 0 Å². The van der Waals surface area contributed by atoms with Gasteiger partial charge in [-0.05, 0) is 34.1 Å². The van der Waals surface area contributed by atoms with E-state index in [0.717, 1.165) is 6.42 Å². The van der Waals surface area contributed by atoms with Crippen molar-refractivity contribution in [2.75, 3.05) is 0 Å². The first-order valence-corrected chi connectivity index (χ1v) is 4.23. The zero-order valence-corrected chi connectivity index (χ0v) is 9.41. The smallest absolute Gasteiger partial charge is 0.0382 e. The Balaban J connectivity index is -0.000000101. The Hall–Kier alpha value is -0.780. The van der Waals surface area contributed by atoms with Crippen LogP contribution in [-0.2, 0) is 0 Å². The highest BCUT2D eigenvalue weighted by Crippen LogP contribution is 1.74. The molecule has 12 heavy (non-hydrogen) atoms. The van der Waals surface area contributed by atoms with Crippen LogP contribution >= 0.6 is 0 Å². The summed E-state index contributed by atoms with van der Waals surface area (Å²) in [4.78, 5) is 0. The van der Waals surface area contributed by atoms with Crippen molar-refractivity contribution in [3.63, 3.8) is 0 Å². The maximum atomic E-state index is 3.56. The fourth-order valence-corrected chi connectivity index (χ4v) is 0. The molecule has 0 aromatic carbocycles. The van der Waals surface area contributed by atoms with Gasteiger partial charge < -0.3 is 0 Å². The molecule has 0 amide bonds. The van der Waals surface area contributed by atoms with Gasteiger partial charge in [-0.15, -0.1) is 19.7 Å². The molecular formula is C12H24. The van der Waals surface area contributed by atoms with Crippen LogP contribution in [0.4, 0.5) is 0 Å². The second-order valence-corrected chi connectivity index (χ2v) is 3.11. The van der Waals surface area contributed by atoms with Gasteiger partial charge in [-0.1, -0.05) is 24.1 Å². The molecule has 0 rings (SSSR count). The molecule has 0 radical (unpaired) electrons. The summed E-state index contributed by atoms with van der Waals surface area (Å²) >= 11 is 0. The summed E-state index contributed by atoms with van der Waals surface area (Å²) in [6.45, 7) is 20.5. The van der Waals surface area contributed by atoms with Crippen LogP contribution in [0.25, 0.3) is 0 Å². The Bertz CT molecular complexity index is 98.0. The molecule has 0 nitrogen and oxygen atoms in total. The van der Waals surface area contributed by atoms with Crippen LogP contribution in [0.5, 0.6) is 0 Å². The first kappa shape index (κ1) is 17.3. The molecular weight excluding hydrogens is 144 g/mol. The first-order chi connectivity index (χ1) is 5.38. The van der Waals surface area contributed by atoms with Crippen molar-refractivity contribution in [1.29, 1.82) is 0 Å². The van der Waals surface area contributed by atoms with Crippen molar-refractivity contribution in [1.82, 2.24) is 0 Å². The van der Waals surface area contributed by atoms with E-state index in [0.29, 0.717) is 0 Å². The number of rotatable bonds is 1. The van der Waals surface area contributed by atoms with Gasteiger partial charge in [-0.2, -0.15) is 0 Å². The monoisotopic (exact) mass is 168 g/mol. The van der Waals surface area contributed by atoms with Gasteiger partial charge in [-0.3, -0.25) is 0 Å². The molecule has 0 N–H and O–H groups in total. The molecule has 0 bridgehead atoms. The molecule has 0 heterocycles. The quantitative estimate of drug-likeness (QED) is 0.496. The minimum Gasteiger partial charge on any atom is -0.103 e. The highest BCUT2D eigenvalue weighted by molar-refractivity contribution is 4.79. The summed E-state index contributed by atoms with van der Waals surface area (Å²) in [7, 11) is 0. The second-order valence-electron chi connectivity index (χ2n) is 3.11. The summed E-state index contributed by atoms with van der Waals surface area (Å²) in [6, 6.07) is 0. The van der Waals surface area contributed by atoms with Crippen LogP contribution < -0.4 is 0 Å². The van der Waals surface area contributed by atoms with Crippen LogP contribution in [-0.4, -0.2) is 0 Å². The average molecular weight is 168 g/mol. The maximum Gasteiger partial charge on any atom is -0.0382 e. The Kier molecular flexibility index (Phi) is 24.1. The van der Waals surface area contributed by atoms with Crippen LogP contribution in [0.2, 0.25) is 0 Å². The van der Waals surface area contributed by atoms with Crippen molar-refractivity contribution < 1.29 is 0 Å². The zero-order valence-electron chi connectivity index (χ0n) is 9.41. The van der Waals surface area contributed by atoms with Gasteiger partial charge in [-0.25, -0.2) is 0 Å². The van der Waals surface area contributed by atoms with Gasteiger partial charge in [0.2, 0.25) is 0 Å². The van der Waals surface area contributed by atoms with Gasteiger partial charge in [0.25, 0.3) is 0 Å². The van der Waals surface area contributed by atoms with Crippen molar-refractivity contribution in [3.8, 4) is 0 Å². The number of hydrogen-bond acceptors (Lipinski definition) is 0. The summed E-state index contributed by atoms with van der Waals surface area (Å²) in [5.41, 5.74) is 2.33. The van der Waals surface area contributed by atoms with E-state index in [9.17, 15) is 0 Å². The van der Waals surface area contributed by atoms with Crippen molar-refractivity contribution in [2.45, 2.75) is 41.0 Å². The minimum atomic E-state index is 1.08. The SMILES string of the molecule is C=C(C)C.C=C(C)C.C=CCC. The van der Waals surface area contributed by atoms with Crippen molar-refractivity contribution in [2.24, 2.45) is 0 Å². The summed E-state index contributed by atoms with van der Waals surface area (Å²) < 4.78 is 0. The summed E-state index contributed by atoms with van der Waals surface area (Å²) in [6.07, 6.45) is 2.96. The second kappa shape index (κ2) is 16.7. The lowest BCUT2D eigenvalue weighted by Crippen LogP contribution is -1.43. The van der Waals surface area contributed by atoms with Crippen LogP contribution in [0.1, 0.15) is 41.0 Å². The van der Waals surface area contributed by atoms with E-state index in [1.807, 2.05) is 33.8 Å². The Morgan fingerprint density at radius 2 is 1.08 bits per heavy atom. The molecule has 0 atom stereocenters. The molecule has 0 spiro atoms. The molecule has 72 valence electrons. The van der Waals surface area contributed by atoms with E-state index in [1.54, 1.807) is 0 Å². The van der Waals surface area contributed by atoms with Crippen molar-refractivity contribution in [3.05, 3.63) is 37.0 Å². The largest absolute Gasteiger partial charge is 0.103 e. The lowest BCUT2D eigenvalue weighted by atomic mass is 10.4. The molecule has 0 aromatic rings. The van der Waals surface area contributed by atoms with Gasteiger partial charge in [0.15, 0.2) is 0 Å². The van der Waals surface area contributed by atoms with E-state index in [2.05, 4.69) is 26.7 Å². The highest BCUT2D eigenvalue weighted by Gasteiger charge is 1.52. The average Bonchev–Trinajstić information content (AvgIpc) is 1.85. The molecule has 0 aliphatic rings. The molecule has 0 saturated carbocycles. The lowest BCUT2D eigenvalue weighted by molar-refractivity contribution is 1.23. The predicted molar refractivity (Wildman–Crippen MR) is 61.5 cm³/mol. The molecule has 0 fully saturated rings. The third-order valence-electron chi connectivity index (χ3n) is 0.289. The topological polar surface area (TPSA) is 0 Å². The standard InChI is InChI=1S/3C4H8/c2*1-4(2)3;1-3-4-2/h2*1H2,2-3H3;3H,1,4H2,2H3. The third-order valence-corrected chi connectivity index (χ3v) is 0.289. The molecule has 0 heteroatoms. The van der Waals surface area contributed by atoms with Crippen LogP contribution in [0, 0.1) is 0 Å². The maximum absolute atomic E-state index is 3.56. The zero-order chi connectivity index (χ0) is 10.6. The van der Waals surface area contributed by atoms with E-state index in [-0.39, 0.29) is 0 Å². The summed E-state index contributed by atoms with van der Waals surface area (Å²) in [5.74, 6) is 0. The number of hydrogen-bond donors (Lipinski definition) is 0. The molecule has 0 unspecified atom stereocenters. The van der Waals surface area contributed by atoms with Crippen molar-refractivity contribution >= 4 is 0 Å². The van der Waals surface area contributed by atoms with Gasteiger partial charge >= 0.3 is 0 Å². The Morgan fingerprint density at radius 3 is 1.08 bits per heavy atom. The molecule has 0 saturated heterocycles. The normalized spacial score (nSPS) is 6.42.